The number of thioether (sulfide) groups is 1. The third kappa shape index (κ3) is 6.92. The average molecular weight is 372 g/mol. The Morgan fingerprint density at radius 2 is 1.77 bits per heavy atom. The van der Waals surface area contributed by atoms with Gasteiger partial charge in [0.15, 0.2) is 6.61 Å². The molecular weight excluding hydrogens is 346 g/mol. The largest absolute Gasteiger partial charge is 0.456 e. The normalized spacial score (nSPS) is 11.6. The lowest BCUT2D eigenvalue weighted by Crippen LogP contribution is -2.31. The molecule has 0 saturated heterocycles. The third-order valence-electron chi connectivity index (χ3n) is 3.95. The second-order valence-corrected chi connectivity index (χ2v) is 7.12. The molecule has 2 aromatic rings. The van der Waals surface area contributed by atoms with Gasteiger partial charge in [-0.2, -0.15) is 0 Å². The zero-order chi connectivity index (χ0) is 18.8. The molecule has 5 heteroatoms. The van der Waals surface area contributed by atoms with Crippen molar-refractivity contribution in [2.45, 2.75) is 37.6 Å². The Morgan fingerprint density at radius 1 is 1.08 bits per heavy atom. The molecule has 0 aliphatic rings. The molecule has 4 nitrogen and oxygen atoms in total. The summed E-state index contributed by atoms with van der Waals surface area (Å²) in [6, 6.07) is 17.9. The fourth-order valence-corrected chi connectivity index (χ4v) is 3.25. The molecule has 138 valence electrons. The van der Waals surface area contributed by atoms with Crippen LogP contribution in [0.1, 0.15) is 37.4 Å². The van der Waals surface area contributed by atoms with E-state index in [4.69, 9.17) is 4.74 Å². The van der Waals surface area contributed by atoms with Crippen molar-refractivity contribution in [3.05, 3.63) is 65.7 Å². The molecule has 1 unspecified atom stereocenters. The van der Waals surface area contributed by atoms with E-state index in [1.165, 1.54) is 5.56 Å². The summed E-state index contributed by atoms with van der Waals surface area (Å²) >= 11 is 1.59. The van der Waals surface area contributed by atoms with Crippen LogP contribution in [0.15, 0.2) is 59.5 Å². The quantitative estimate of drug-likeness (QED) is 0.531. The molecule has 0 aliphatic heterocycles. The Bertz CT molecular complexity index is 701. The van der Waals surface area contributed by atoms with Crippen molar-refractivity contribution in [3.63, 3.8) is 0 Å². The Labute approximate surface area is 159 Å². The number of aryl methyl sites for hydroxylation is 1. The van der Waals surface area contributed by atoms with Crippen LogP contribution in [0.2, 0.25) is 0 Å². The summed E-state index contributed by atoms with van der Waals surface area (Å²) in [5, 5.41) is 2.85. The van der Waals surface area contributed by atoms with Crippen LogP contribution in [0.25, 0.3) is 0 Å². The standard InChI is InChI=1S/C21H25NO3S/c1-3-17-9-11-18(12-10-17)16(2)22-20(23)15-25-21(24)13-14-26-19-7-5-4-6-8-19/h4-12,16H,3,13-15H2,1-2H3,(H,22,23). The molecule has 0 heterocycles. The highest BCUT2D eigenvalue weighted by Crippen LogP contribution is 2.18. The van der Waals surface area contributed by atoms with E-state index in [1.807, 2.05) is 49.4 Å². The lowest BCUT2D eigenvalue weighted by Gasteiger charge is -2.15. The van der Waals surface area contributed by atoms with E-state index in [-0.39, 0.29) is 30.9 Å². The lowest BCUT2D eigenvalue weighted by molar-refractivity contribution is -0.148. The van der Waals surface area contributed by atoms with E-state index < -0.39 is 0 Å². The van der Waals surface area contributed by atoms with Crippen molar-refractivity contribution in [3.8, 4) is 0 Å². The van der Waals surface area contributed by atoms with Crippen molar-refractivity contribution < 1.29 is 14.3 Å². The van der Waals surface area contributed by atoms with Crippen molar-refractivity contribution in [1.82, 2.24) is 5.32 Å². The maximum absolute atomic E-state index is 12.0. The molecule has 0 fully saturated rings. The van der Waals surface area contributed by atoms with Crippen LogP contribution in [0.5, 0.6) is 0 Å². The highest BCUT2D eigenvalue weighted by molar-refractivity contribution is 7.99. The summed E-state index contributed by atoms with van der Waals surface area (Å²) in [7, 11) is 0. The highest BCUT2D eigenvalue weighted by Gasteiger charge is 2.12. The third-order valence-corrected chi connectivity index (χ3v) is 4.96. The summed E-state index contributed by atoms with van der Waals surface area (Å²) < 4.78 is 5.05. The van der Waals surface area contributed by atoms with Gasteiger partial charge in [-0.05, 0) is 36.6 Å². The van der Waals surface area contributed by atoms with Crippen molar-refractivity contribution in [2.75, 3.05) is 12.4 Å². The number of benzene rings is 2. The SMILES string of the molecule is CCc1ccc(C(C)NC(=O)COC(=O)CCSc2ccccc2)cc1. The van der Waals surface area contributed by atoms with E-state index in [9.17, 15) is 9.59 Å². The van der Waals surface area contributed by atoms with E-state index in [0.29, 0.717) is 5.75 Å². The van der Waals surface area contributed by atoms with Gasteiger partial charge in [0.1, 0.15) is 0 Å². The van der Waals surface area contributed by atoms with Gasteiger partial charge in [0.2, 0.25) is 0 Å². The molecule has 1 amide bonds. The Morgan fingerprint density at radius 3 is 2.42 bits per heavy atom. The summed E-state index contributed by atoms with van der Waals surface area (Å²) in [6.45, 7) is 3.77. The molecule has 2 aromatic carbocycles. The summed E-state index contributed by atoms with van der Waals surface area (Å²) in [4.78, 5) is 24.8. The number of hydrogen-bond acceptors (Lipinski definition) is 4. The topological polar surface area (TPSA) is 55.4 Å². The minimum Gasteiger partial charge on any atom is -0.456 e. The van der Waals surface area contributed by atoms with Crippen LogP contribution >= 0.6 is 11.8 Å². The molecular formula is C21H25NO3S. The minimum absolute atomic E-state index is 0.124. The molecule has 0 bridgehead atoms. The first-order chi connectivity index (χ1) is 12.6. The molecule has 0 spiro atoms. The average Bonchev–Trinajstić information content (AvgIpc) is 2.67. The summed E-state index contributed by atoms with van der Waals surface area (Å²) in [5.74, 6) is -0.0189. The van der Waals surface area contributed by atoms with Crippen LogP contribution in [0.4, 0.5) is 0 Å². The molecule has 26 heavy (non-hydrogen) atoms. The second-order valence-electron chi connectivity index (χ2n) is 5.96. The minimum atomic E-state index is -0.358. The van der Waals surface area contributed by atoms with Gasteiger partial charge in [0, 0.05) is 10.6 Å². The molecule has 0 aromatic heterocycles. The maximum Gasteiger partial charge on any atom is 0.307 e. The monoisotopic (exact) mass is 371 g/mol. The van der Waals surface area contributed by atoms with Crippen LogP contribution in [-0.4, -0.2) is 24.2 Å². The molecule has 2 rings (SSSR count). The first-order valence-corrected chi connectivity index (χ1v) is 9.78. The van der Waals surface area contributed by atoms with Crippen molar-refractivity contribution in [1.29, 1.82) is 0 Å². The van der Waals surface area contributed by atoms with Crippen LogP contribution in [0, 0.1) is 0 Å². The first-order valence-electron chi connectivity index (χ1n) is 8.80. The van der Waals surface area contributed by atoms with Gasteiger partial charge in [-0.3, -0.25) is 9.59 Å². The number of hydrogen-bond donors (Lipinski definition) is 1. The number of esters is 1. The van der Waals surface area contributed by atoms with Crippen LogP contribution in [0.3, 0.4) is 0 Å². The predicted molar refractivity (Wildman–Crippen MR) is 105 cm³/mol. The molecule has 1 atom stereocenters. The van der Waals surface area contributed by atoms with Gasteiger partial charge in [-0.15, -0.1) is 11.8 Å². The predicted octanol–water partition coefficient (Wildman–Crippen LogP) is 4.15. The van der Waals surface area contributed by atoms with Gasteiger partial charge in [-0.25, -0.2) is 0 Å². The number of nitrogens with one attached hydrogen (secondary N) is 1. The van der Waals surface area contributed by atoms with E-state index in [1.54, 1.807) is 11.8 Å². The number of rotatable bonds is 9. The maximum atomic E-state index is 12.0. The summed E-state index contributed by atoms with van der Waals surface area (Å²) in [6.07, 6.45) is 1.26. The van der Waals surface area contributed by atoms with E-state index in [2.05, 4.69) is 24.4 Å². The first kappa shape index (κ1) is 20.0. The zero-order valence-electron chi connectivity index (χ0n) is 15.2. The molecule has 1 N–H and O–H groups in total. The lowest BCUT2D eigenvalue weighted by atomic mass is 10.1. The number of carbonyl (C=O) groups is 2. The van der Waals surface area contributed by atoms with Gasteiger partial charge >= 0.3 is 5.97 Å². The van der Waals surface area contributed by atoms with Gasteiger partial charge < -0.3 is 10.1 Å². The smallest absolute Gasteiger partial charge is 0.307 e. The van der Waals surface area contributed by atoms with Crippen LogP contribution in [-0.2, 0) is 20.7 Å². The van der Waals surface area contributed by atoms with Crippen molar-refractivity contribution >= 4 is 23.6 Å². The highest BCUT2D eigenvalue weighted by atomic mass is 32.2. The van der Waals surface area contributed by atoms with E-state index in [0.717, 1.165) is 16.9 Å². The fraction of sp³-hybridized carbons (Fsp3) is 0.333. The summed E-state index contributed by atoms with van der Waals surface area (Å²) in [5.41, 5.74) is 2.29. The Kier molecular flexibility index (Phi) is 8.22. The van der Waals surface area contributed by atoms with Gasteiger partial charge in [0.25, 0.3) is 5.91 Å². The molecule has 0 aliphatic carbocycles. The Balaban J connectivity index is 1.66. The Hall–Kier alpha value is -2.27. The van der Waals surface area contributed by atoms with Gasteiger partial charge in [0.05, 0.1) is 12.5 Å². The van der Waals surface area contributed by atoms with Crippen molar-refractivity contribution in [2.24, 2.45) is 0 Å². The molecule has 0 radical (unpaired) electrons. The van der Waals surface area contributed by atoms with Gasteiger partial charge in [-0.1, -0.05) is 49.4 Å². The number of amides is 1. The van der Waals surface area contributed by atoms with E-state index >= 15 is 0 Å². The number of carbonyl (C=O) groups excluding carboxylic acids is 2. The molecule has 0 saturated carbocycles. The second kappa shape index (κ2) is 10.7. The zero-order valence-corrected chi connectivity index (χ0v) is 16.1. The fourth-order valence-electron chi connectivity index (χ4n) is 2.40. The number of ether oxygens (including phenoxy) is 1. The van der Waals surface area contributed by atoms with Crippen LogP contribution < -0.4 is 5.32 Å².